The minimum absolute atomic E-state index is 0.133. The molecule has 0 aromatic heterocycles. The molecule has 0 aromatic carbocycles. The smallest absolute Gasteiger partial charge is 0.139 e. The Kier molecular flexibility index (Phi) is 7.45. The fourth-order valence-electron chi connectivity index (χ4n) is 2.26. The molecule has 0 saturated heterocycles. The largest absolute Gasteiger partial charge is 0.402 e. The Morgan fingerprint density at radius 3 is 2.08 bits per heavy atom. The number of unbranched alkanes of at least 4 members (excludes halogenated alkanes) is 1. The molecule has 1 N–H and O–H groups in total. The molecule has 0 aliphatic heterocycles. The summed E-state index contributed by atoms with van der Waals surface area (Å²) in [5.74, 6) is 1.24. The average molecular weight is 184 g/mol. The molecule has 1 nitrogen and oxygen atoms in total. The monoisotopic (exact) mass is 184 g/mol. The van der Waals surface area contributed by atoms with Gasteiger partial charge in [0.1, 0.15) is 7.85 Å². The normalized spacial score (nSPS) is 18.2. The van der Waals surface area contributed by atoms with Gasteiger partial charge in [0.2, 0.25) is 0 Å². The van der Waals surface area contributed by atoms with Crippen molar-refractivity contribution in [2.24, 2.45) is 11.8 Å². The second kappa shape index (κ2) is 7.43. The van der Waals surface area contributed by atoms with E-state index in [-0.39, 0.29) is 6.00 Å². The van der Waals surface area contributed by atoms with Gasteiger partial charge in [0.15, 0.2) is 0 Å². The Hall–Kier alpha value is 0.0249. The summed E-state index contributed by atoms with van der Waals surface area (Å²) < 4.78 is 0. The number of rotatable bonds is 7. The maximum absolute atomic E-state index is 9.61. The summed E-state index contributed by atoms with van der Waals surface area (Å²) in [6.07, 6.45) is 6.19. The molecule has 0 aromatic rings. The third kappa shape index (κ3) is 4.71. The fourth-order valence-corrected chi connectivity index (χ4v) is 2.26. The zero-order valence-electron chi connectivity index (χ0n) is 9.71. The molecule has 0 radical (unpaired) electrons. The van der Waals surface area contributed by atoms with E-state index < -0.39 is 0 Å². The van der Waals surface area contributed by atoms with Gasteiger partial charge in [-0.25, -0.2) is 0 Å². The van der Waals surface area contributed by atoms with Gasteiger partial charge in [-0.15, -0.1) is 0 Å². The number of aliphatic hydroxyl groups is 1. The number of aliphatic hydroxyl groups excluding tert-OH is 1. The summed E-state index contributed by atoms with van der Waals surface area (Å²) in [6.45, 7) is 6.66. The molecule has 0 bridgehead atoms. The molecule has 0 amide bonds. The van der Waals surface area contributed by atoms with Crippen LogP contribution in [-0.4, -0.2) is 19.0 Å². The maximum Gasteiger partial charge on any atom is 0.139 e. The lowest BCUT2D eigenvalue weighted by atomic mass is 9.74. The quantitative estimate of drug-likeness (QED) is 0.601. The van der Waals surface area contributed by atoms with Crippen molar-refractivity contribution in [3.8, 4) is 0 Å². The van der Waals surface area contributed by atoms with E-state index in [0.29, 0.717) is 5.92 Å². The summed E-state index contributed by atoms with van der Waals surface area (Å²) in [5, 5.41) is 9.61. The molecule has 0 heterocycles. The summed E-state index contributed by atoms with van der Waals surface area (Å²) in [4.78, 5) is 0. The second-order valence-electron chi connectivity index (χ2n) is 4.12. The zero-order chi connectivity index (χ0) is 10.3. The fraction of sp³-hybridized carbons (Fsp3) is 1.00. The molecule has 78 valence electrons. The van der Waals surface area contributed by atoms with Crippen molar-refractivity contribution in [1.29, 1.82) is 0 Å². The first-order chi connectivity index (χ1) is 6.17. The summed E-state index contributed by atoms with van der Waals surface area (Å²) in [7, 11) is 1.93. The third-order valence-corrected chi connectivity index (χ3v) is 3.15. The van der Waals surface area contributed by atoms with E-state index in [1.54, 1.807) is 0 Å². The van der Waals surface area contributed by atoms with Crippen LogP contribution in [0.2, 0.25) is 0 Å². The van der Waals surface area contributed by atoms with Crippen LogP contribution in [0.25, 0.3) is 0 Å². The first-order valence-electron chi connectivity index (χ1n) is 5.85. The highest BCUT2D eigenvalue weighted by molar-refractivity contribution is 6.10. The lowest BCUT2D eigenvalue weighted by Crippen LogP contribution is -2.27. The lowest BCUT2D eigenvalue weighted by Gasteiger charge is -2.27. The van der Waals surface area contributed by atoms with Gasteiger partial charge < -0.3 is 5.11 Å². The van der Waals surface area contributed by atoms with Gasteiger partial charge >= 0.3 is 0 Å². The molecule has 0 spiro atoms. The van der Waals surface area contributed by atoms with Crippen LogP contribution < -0.4 is 0 Å². The minimum Gasteiger partial charge on any atom is -0.402 e. The van der Waals surface area contributed by atoms with Gasteiger partial charge in [0.05, 0.1) is 0 Å². The first kappa shape index (κ1) is 13.0. The van der Waals surface area contributed by atoms with E-state index >= 15 is 0 Å². The Morgan fingerprint density at radius 2 is 1.77 bits per heavy atom. The Bertz CT molecular complexity index is 115. The molecular weight excluding hydrogens is 159 g/mol. The van der Waals surface area contributed by atoms with Crippen molar-refractivity contribution >= 4 is 7.85 Å². The zero-order valence-corrected chi connectivity index (χ0v) is 9.71. The predicted molar refractivity (Wildman–Crippen MR) is 61.6 cm³/mol. The standard InChI is InChI=1S/C11H25BO/c1-4-7-8-9(5-2)10(6-3)11(12)13/h9-11,13H,4-8,12H2,1-3H3. The molecule has 2 heteroatoms. The summed E-state index contributed by atoms with van der Waals surface area (Å²) in [5.41, 5.74) is 0. The molecule has 3 unspecified atom stereocenters. The Balaban J connectivity index is 4.00. The average Bonchev–Trinajstić information content (AvgIpc) is 2.11. The Morgan fingerprint density at radius 1 is 1.15 bits per heavy atom. The van der Waals surface area contributed by atoms with Crippen LogP contribution in [0.15, 0.2) is 0 Å². The number of hydrogen-bond donors (Lipinski definition) is 1. The number of hydrogen-bond acceptors (Lipinski definition) is 1. The van der Waals surface area contributed by atoms with Gasteiger partial charge in [-0.2, -0.15) is 0 Å². The van der Waals surface area contributed by atoms with E-state index in [1.165, 1.54) is 25.7 Å². The van der Waals surface area contributed by atoms with Crippen LogP contribution in [0, 0.1) is 11.8 Å². The van der Waals surface area contributed by atoms with Crippen molar-refractivity contribution in [1.82, 2.24) is 0 Å². The van der Waals surface area contributed by atoms with Crippen LogP contribution in [0.3, 0.4) is 0 Å². The maximum atomic E-state index is 9.61. The highest BCUT2D eigenvalue weighted by atomic mass is 16.3. The van der Waals surface area contributed by atoms with Crippen molar-refractivity contribution in [2.45, 2.75) is 58.9 Å². The minimum atomic E-state index is -0.133. The van der Waals surface area contributed by atoms with Gasteiger partial charge in [-0.05, 0) is 11.8 Å². The van der Waals surface area contributed by atoms with Crippen molar-refractivity contribution < 1.29 is 5.11 Å². The van der Waals surface area contributed by atoms with E-state index in [4.69, 9.17) is 0 Å². The van der Waals surface area contributed by atoms with Gasteiger partial charge in [-0.3, -0.25) is 0 Å². The molecule has 13 heavy (non-hydrogen) atoms. The van der Waals surface area contributed by atoms with Crippen molar-refractivity contribution in [3.63, 3.8) is 0 Å². The molecule has 0 fully saturated rings. The van der Waals surface area contributed by atoms with E-state index in [1.807, 2.05) is 7.85 Å². The lowest BCUT2D eigenvalue weighted by molar-refractivity contribution is 0.125. The van der Waals surface area contributed by atoms with Gasteiger partial charge in [0, 0.05) is 6.00 Å². The van der Waals surface area contributed by atoms with Crippen molar-refractivity contribution in [2.75, 3.05) is 0 Å². The molecule has 0 aliphatic rings. The molecular formula is C11H25BO. The molecule has 0 rings (SSSR count). The highest BCUT2D eigenvalue weighted by Crippen LogP contribution is 2.26. The van der Waals surface area contributed by atoms with Crippen LogP contribution >= 0.6 is 0 Å². The summed E-state index contributed by atoms with van der Waals surface area (Å²) in [6, 6.07) is -0.133. The van der Waals surface area contributed by atoms with E-state index in [2.05, 4.69) is 20.8 Å². The van der Waals surface area contributed by atoms with E-state index in [0.717, 1.165) is 12.3 Å². The highest BCUT2D eigenvalue weighted by Gasteiger charge is 2.21. The van der Waals surface area contributed by atoms with Crippen LogP contribution in [0.1, 0.15) is 52.9 Å². The van der Waals surface area contributed by atoms with E-state index in [9.17, 15) is 5.11 Å². The topological polar surface area (TPSA) is 20.2 Å². The first-order valence-corrected chi connectivity index (χ1v) is 5.85. The van der Waals surface area contributed by atoms with Crippen molar-refractivity contribution in [3.05, 3.63) is 0 Å². The Labute approximate surface area is 84.3 Å². The summed E-state index contributed by atoms with van der Waals surface area (Å²) >= 11 is 0. The SMILES string of the molecule is BC(O)C(CC)C(CC)CCCC. The predicted octanol–water partition coefficient (Wildman–Crippen LogP) is 2.18. The molecule has 3 atom stereocenters. The van der Waals surface area contributed by atoms with Crippen LogP contribution in [0.4, 0.5) is 0 Å². The molecule has 0 saturated carbocycles. The third-order valence-electron chi connectivity index (χ3n) is 3.15. The van der Waals surface area contributed by atoms with Crippen LogP contribution in [-0.2, 0) is 0 Å². The van der Waals surface area contributed by atoms with Gasteiger partial charge in [-0.1, -0.05) is 52.9 Å². The van der Waals surface area contributed by atoms with Crippen LogP contribution in [0.5, 0.6) is 0 Å². The van der Waals surface area contributed by atoms with Gasteiger partial charge in [0.25, 0.3) is 0 Å². The second-order valence-corrected chi connectivity index (χ2v) is 4.12. The molecule has 0 aliphatic carbocycles.